The van der Waals surface area contributed by atoms with Crippen molar-refractivity contribution in [2.24, 2.45) is 0 Å². The van der Waals surface area contributed by atoms with Crippen LogP contribution < -0.4 is 26.4 Å². The fraction of sp³-hybridized carbons (Fsp3) is 0.346. The van der Waals surface area contributed by atoms with Crippen molar-refractivity contribution in [1.29, 1.82) is 0 Å². The number of aliphatic hydroxyl groups excluding tert-OH is 1. The maximum Gasteiger partial charge on any atom is 0.407 e. The van der Waals surface area contributed by atoms with E-state index in [1.165, 1.54) is 12.1 Å². The number of carbonyl (C=O) groups excluding carboxylic acids is 3. The number of pyridine rings is 1. The Morgan fingerprint density at radius 1 is 0.892 bits per heavy atom. The highest BCUT2D eigenvalue weighted by Gasteiger charge is 2.27. The lowest BCUT2D eigenvalue weighted by Gasteiger charge is -2.32. The zero-order valence-electron chi connectivity index (χ0n) is 37.1. The van der Waals surface area contributed by atoms with Crippen molar-refractivity contribution in [2.45, 2.75) is 75.7 Å². The van der Waals surface area contributed by atoms with Crippen molar-refractivity contribution < 1.29 is 29.3 Å². The van der Waals surface area contributed by atoms with Gasteiger partial charge in [-0.1, -0.05) is 97.1 Å². The summed E-state index contributed by atoms with van der Waals surface area (Å²) < 4.78 is 5.81. The zero-order chi connectivity index (χ0) is 45.7. The normalized spacial score (nSPS) is 17.3. The van der Waals surface area contributed by atoms with E-state index in [2.05, 4.69) is 63.1 Å². The third-order valence-electron chi connectivity index (χ3n) is 12.3. The molecule has 5 aromatic rings. The first kappa shape index (κ1) is 46.5. The van der Waals surface area contributed by atoms with E-state index < -0.39 is 12.2 Å². The molecule has 13 nitrogen and oxygen atoms in total. The highest BCUT2D eigenvalue weighted by Crippen LogP contribution is 2.29. The summed E-state index contributed by atoms with van der Waals surface area (Å²) in [4.78, 5) is 57.2. The molecule has 0 bridgehead atoms. The number of piperidine rings is 1. The SMILES string of the molecule is C[C@H](Cc1cccc(CCNC(=O)Cc2ccc(N(C)C(=O)CCN3CCC(OC(=O)NC4C=CC=CC4c4ccccc4)CC3)cc2)c1)NC[C@H](O)c1ccc(O)c2[nH]c(=O)ccc12. The summed E-state index contributed by atoms with van der Waals surface area (Å²) in [5.41, 5.74) is 5.60. The lowest BCUT2D eigenvalue weighted by molar-refractivity contribution is -0.120. The second-order valence-corrected chi connectivity index (χ2v) is 17.1. The molecule has 1 aromatic heterocycles. The molecule has 6 N–H and O–H groups in total. The number of allylic oxidation sites excluding steroid dienone is 2. The van der Waals surface area contributed by atoms with Crippen LogP contribution in [0.25, 0.3) is 10.9 Å². The molecule has 4 aromatic carbocycles. The van der Waals surface area contributed by atoms with E-state index in [1.54, 1.807) is 24.1 Å². The summed E-state index contributed by atoms with van der Waals surface area (Å²) in [6, 6.07) is 31.9. The number of aromatic hydroxyl groups is 1. The predicted octanol–water partition coefficient (Wildman–Crippen LogP) is 6.21. The molecule has 2 unspecified atom stereocenters. The van der Waals surface area contributed by atoms with Gasteiger partial charge in [-0.2, -0.15) is 0 Å². The Kier molecular flexibility index (Phi) is 16.0. The van der Waals surface area contributed by atoms with Gasteiger partial charge in [0.15, 0.2) is 0 Å². The second-order valence-electron chi connectivity index (χ2n) is 17.1. The van der Waals surface area contributed by atoms with Crippen LogP contribution in [0, 0.1) is 0 Å². The molecule has 3 amide bonds. The number of ether oxygens (including phenoxy) is 1. The van der Waals surface area contributed by atoms with Gasteiger partial charge in [-0.15, -0.1) is 0 Å². The number of aromatic amines is 1. The summed E-state index contributed by atoms with van der Waals surface area (Å²) in [7, 11) is 1.77. The number of hydrogen-bond acceptors (Lipinski definition) is 9. The summed E-state index contributed by atoms with van der Waals surface area (Å²) >= 11 is 0. The van der Waals surface area contributed by atoms with Gasteiger partial charge in [0.1, 0.15) is 11.9 Å². The van der Waals surface area contributed by atoms with E-state index in [0.29, 0.717) is 61.8 Å². The van der Waals surface area contributed by atoms with E-state index in [4.69, 9.17) is 4.74 Å². The van der Waals surface area contributed by atoms with Gasteiger partial charge in [0.2, 0.25) is 17.4 Å². The highest BCUT2D eigenvalue weighted by atomic mass is 16.6. The number of aliphatic hydroxyl groups is 1. The van der Waals surface area contributed by atoms with Gasteiger partial charge in [-0.3, -0.25) is 14.4 Å². The maximum absolute atomic E-state index is 13.2. The van der Waals surface area contributed by atoms with Crippen LogP contribution in [0.3, 0.4) is 0 Å². The number of benzene rings is 4. The van der Waals surface area contributed by atoms with Gasteiger partial charge in [0, 0.05) is 75.3 Å². The molecule has 340 valence electrons. The smallest absolute Gasteiger partial charge is 0.407 e. The number of nitrogens with zero attached hydrogens (tertiary/aromatic N) is 2. The Hall–Kier alpha value is -6.54. The summed E-state index contributed by atoms with van der Waals surface area (Å²) in [5, 5.41) is 31.2. The molecule has 1 fully saturated rings. The summed E-state index contributed by atoms with van der Waals surface area (Å²) in [6.07, 6.45) is 10.0. The molecule has 65 heavy (non-hydrogen) atoms. The molecular formula is C52H60N6O7. The van der Waals surface area contributed by atoms with Gasteiger partial charge in [0.25, 0.3) is 0 Å². The van der Waals surface area contributed by atoms with E-state index >= 15 is 0 Å². The minimum Gasteiger partial charge on any atom is -0.506 e. The molecule has 0 saturated carbocycles. The van der Waals surface area contributed by atoms with Crippen LogP contribution in [0.1, 0.15) is 66.0 Å². The number of amides is 3. The van der Waals surface area contributed by atoms with Gasteiger partial charge < -0.3 is 45.7 Å². The third kappa shape index (κ3) is 13.0. The molecule has 1 aliphatic heterocycles. The number of phenols is 1. The number of hydrogen-bond donors (Lipinski definition) is 6. The van der Waals surface area contributed by atoms with Crippen LogP contribution in [0.15, 0.2) is 132 Å². The van der Waals surface area contributed by atoms with Crippen LogP contribution in [0.4, 0.5) is 10.5 Å². The van der Waals surface area contributed by atoms with Crippen molar-refractivity contribution in [3.63, 3.8) is 0 Å². The van der Waals surface area contributed by atoms with Crippen molar-refractivity contribution >= 4 is 34.5 Å². The van der Waals surface area contributed by atoms with Gasteiger partial charge in [0.05, 0.1) is 24.1 Å². The molecule has 4 atom stereocenters. The first-order chi connectivity index (χ1) is 31.5. The van der Waals surface area contributed by atoms with Crippen LogP contribution in [0.5, 0.6) is 5.75 Å². The average Bonchev–Trinajstić information content (AvgIpc) is 3.31. The molecule has 0 spiro atoms. The van der Waals surface area contributed by atoms with Crippen molar-refractivity contribution in [2.75, 3.05) is 44.7 Å². The lowest BCUT2D eigenvalue weighted by atomic mass is 9.88. The topological polar surface area (TPSA) is 176 Å². The predicted molar refractivity (Wildman–Crippen MR) is 254 cm³/mol. The Morgan fingerprint density at radius 3 is 2.43 bits per heavy atom. The minimum absolute atomic E-state index is 0.00391. The van der Waals surface area contributed by atoms with E-state index in [0.717, 1.165) is 47.5 Å². The fourth-order valence-electron chi connectivity index (χ4n) is 8.62. The number of aromatic nitrogens is 1. The molecule has 1 aliphatic carbocycles. The zero-order valence-corrected chi connectivity index (χ0v) is 37.1. The number of carbonyl (C=O) groups is 3. The number of fused-ring (bicyclic) bond motifs is 1. The van der Waals surface area contributed by atoms with Crippen molar-refractivity contribution in [3.05, 3.63) is 166 Å². The molecule has 0 radical (unpaired) electrons. The Balaban J connectivity index is 0.770. The lowest BCUT2D eigenvalue weighted by Crippen LogP contribution is -2.43. The molecule has 2 aliphatic rings. The second kappa shape index (κ2) is 22.4. The van der Waals surface area contributed by atoms with Crippen LogP contribution >= 0.6 is 0 Å². The van der Waals surface area contributed by atoms with E-state index in [1.807, 2.05) is 72.8 Å². The number of anilines is 1. The standard InChI is InChI=1S/C52H60N6O7/c1-35(54-34-47(60)43-19-21-46(59)51-44(43)20-22-48(61)56-51)31-38-10-8-9-36(32-38)23-27-53-49(62)33-37-15-17-40(18-16-37)57(2)50(63)26-30-58-28-24-41(25-29-58)65-52(64)55-45-14-7-6-13-42(45)39-11-4-3-5-12-39/h3-22,32,35,41-42,45,47,54,59-60H,23-31,33-34H2,1-2H3,(H,53,62)(H,55,64)(H,56,61)/t35-,42?,45?,47+/m1/s1. The first-order valence-electron chi connectivity index (χ1n) is 22.5. The van der Waals surface area contributed by atoms with Crippen LogP contribution in [0.2, 0.25) is 0 Å². The molecule has 7 rings (SSSR count). The quantitative estimate of drug-likeness (QED) is 0.0598. The molecule has 13 heteroatoms. The van der Waals surface area contributed by atoms with Gasteiger partial charge >= 0.3 is 6.09 Å². The molecule has 2 heterocycles. The minimum atomic E-state index is -0.843. The number of H-pyrrole nitrogens is 1. The fourth-order valence-corrected chi connectivity index (χ4v) is 8.62. The van der Waals surface area contributed by atoms with Crippen molar-refractivity contribution in [1.82, 2.24) is 25.8 Å². The Bertz CT molecular complexity index is 2520. The number of rotatable bonds is 18. The van der Waals surface area contributed by atoms with Gasteiger partial charge in [-0.05, 0) is 84.7 Å². The summed E-state index contributed by atoms with van der Waals surface area (Å²) in [5.74, 6) is -0.0722. The molecule has 1 saturated heterocycles. The van der Waals surface area contributed by atoms with Crippen LogP contribution in [-0.4, -0.2) is 96.0 Å². The number of phenolic OH excluding ortho intramolecular Hbond substituents is 1. The highest BCUT2D eigenvalue weighted by molar-refractivity contribution is 5.93. The van der Waals surface area contributed by atoms with E-state index in [-0.39, 0.29) is 53.6 Å². The monoisotopic (exact) mass is 880 g/mol. The number of alkyl carbamates (subject to hydrolysis) is 1. The van der Waals surface area contributed by atoms with E-state index in [9.17, 15) is 29.4 Å². The van der Waals surface area contributed by atoms with Crippen molar-refractivity contribution in [3.8, 4) is 5.75 Å². The average molecular weight is 881 g/mol. The maximum atomic E-state index is 13.2. The largest absolute Gasteiger partial charge is 0.506 e. The van der Waals surface area contributed by atoms with Crippen LogP contribution in [-0.2, 0) is 33.6 Å². The first-order valence-corrected chi connectivity index (χ1v) is 22.5. The Morgan fingerprint density at radius 2 is 1.65 bits per heavy atom. The third-order valence-corrected chi connectivity index (χ3v) is 12.3. The Labute approximate surface area is 380 Å². The number of likely N-dealkylation sites (tertiary alicyclic amines) is 1. The van der Waals surface area contributed by atoms with Gasteiger partial charge in [-0.25, -0.2) is 4.79 Å². The summed E-state index contributed by atoms with van der Waals surface area (Å²) in [6.45, 7) is 4.95. The number of nitrogens with one attached hydrogen (secondary N) is 4. The molecular weight excluding hydrogens is 821 g/mol.